The third kappa shape index (κ3) is 3.80. The maximum Gasteiger partial charge on any atom is 0.280 e. The normalized spacial score (nSPS) is 11.9. The van der Waals surface area contributed by atoms with Crippen LogP contribution in [0.15, 0.2) is 51.8 Å². The van der Waals surface area contributed by atoms with Gasteiger partial charge in [0.15, 0.2) is 0 Å². The topological polar surface area (TPSA) is 82.9 Å². The van der Waals surface area contributed by atoms with Crippen molar-refractivity contribution in [3.05, 3.63) is 70.2 Å². The van der Waals surface area contributed by atoms with Crippen LogP contribution < -0.4 is 0 Å². The molecular weight excluding hydrogens is 310 g/mol. The second-order valence-electron chi connectivity index (χ2n) is 5.22. The molecule has 0 fully saturated rings. The molecule has 118 valence electrons. The van der Waals surface area contributed by atoms with Crippen molar-refractivity contribution >= 4 is 21.9 Å². The molecule has 5 nitrogen and oxygen atoms in total. The molecule has 2 aromatic rings. The molecule has 2 aromatic carbocycles. The fourth-order valence-electron chi connectivity index (χ4n) is 2.52. The molecule has 0 unspecified atom stereocenters. The van der Waals surface area contributed by atoms with E-state index in [0.29, 0.717) is 16.7 Å². The van der Waals surface area contributed by atoms with Gasteiger partial charge in [0.05, 0.1) is 4.90 Å². The average Bonchev–Trinajstić information content (AvgIpc) is 2.46. The van der Waals surface area contributed by atoms with E-state index in [0.717, 1.165) is 5.56 Å². The monoisotopic (exact) mass is 326 g/mol. The molecule has 0 amide bonds. The van der Waals surface area contributed by atoms with Gasteiger partial charge in [-0.15, -0.1) is 17.7 Å². The van der Waals surface area contributed by atoms with Gasteiger partial charge in [-0.1, -0.05) is 35.9 Å². The Kier molecular flexibility index (Phi) is 4.89. The Morgan fingerprint density at radius 2 is 1.65 bits per heavy atom. The van der Waals surface area contributed by atoms with E-state index in [1.54, 1.807) is 56.3 Å². The van der Waals surface area contributed by atoms with Crippen LogP contribution in [0.3, 0.4) is 0 Å². The van der Waals surface area contributed by atoms with Crippen LogP contribution in [0.5, 0.6) is 0 Å². The summed E-state index contributed by atoms with van der Waals surface area (Å²) in [6, 6.07) is 12.2. The van der Waals surface area contributed by atoms with E-state index in [4.69, 9.17) is 5.53 Å². The molecule has 0 spiro atoms. The van der Waals surface area contributed by atoms with Crippen molar-refractivity contribution in [1.82, 2.24) is 0 Å². The van der Waals surface area contributed by atoms with Gasteiger partial charge in [0.1, 0.15) is 0 Å². The van der Waals surface area contributed by atoms with Crippen LogP contribution in [0.1, 0.15) is 22.3 Å². The van der Waals surface area contributed by atoms with Gasteiger partial charge in [0.2, 0.25) is 6.21 Å². The highest BCUT2D eigenvalue weighted by Crippen LogP contribution is 2.24. The third-order valence-corrected chi connectivity index (χ3v) is 4.86. The lowest BCUT2D eigenvalue weighted by molar-refractivity contribution is 0.00664. The first-order chi connectivity index (χ1) is 10.8. The zero-order valence-corrected chi connectivity index (χ0v) is 13.9. The van der Waals surface area contributed by atoms with Crippen molar-refractivity contribution in [3.8, 4) is 0 Å². The van der Waals surface area contributed by atoms with E-state index < -0.39 is 10.0 Å². The van der Waals surface area contributed by atoms with Gasteiger partial charge < -0.3 is 5.53 Å². The molecule has 0 saturated carbocycles. The lowest BCUT2D eigenvalue weighted by atomic mass is 10.1. The number of nitrogens with zero attached hydrogens (tertiary/aromatic N) is 3. The first-order valence-electron chi connectivity index (χ1n) is 6.93. The van der Waals surface area contributed by atoms with Gasteiger partial charge in [-0.25, -0.2) is 0 Å². The second-order valence-corrected chi connectivity index (χ2v) is 6.76. The van der Waals surface area contributed by atoms with E-state index >= 15 is 0 Å². The maximum absolute atomic E-state index is 12.7. The lowest BCUT2D eigenvalue weighted by Gasteiger charge is -2.12. The fraction of sp³-hybridized carbons (Fsp3) is 0.176. The molecule has 0 heterocycles. The highest BCUT2D eigenvalue weighted by atomic mass is 32.2. The van der Waals surface area contributed by atoms with Gasteiger partial charge in [-0.2, -0.15) is 12.8 Å². The van der Waals surface area contributed by atoms with Crippen molar-refractivity contribution < 1.29 is 13.2 Å². The molecule has 23 heavy (non-hydrogen) atoms. The van der Waals surface area contributed by atoms with Crippen LogP contribution in [0.25, 0.3) is 5.53 Å². The molecular formula is C17H16N3O2S-. The van der Waals surface area contributed by atoms with Gasteiger partial charge in [0.25, 0.3) is 10.0 Å². The van der Waals surface area contributed by atoms with Crippen LogP contribution in [0.4, 0.5) is 0 Å². The molecule has 0 aliphatic rings. The molecule has 0 saturated heterocycles. The number of aryl methyl sites for hydroxylation is 3. The van der Waals surface area contributed by atoms with E-state index in [9.17, 15) is 8.42 Å². The summed E-state index contributed by atoms with van der Waals surface area (Å²) in [4.78, 5) is 2.97. The van der Waals surface area contributed by atoms with Crippen LogP contribution in [0.2, 0.25) is 0 Å². The lowest BCUT2D eigenvalue weighted by Crippen LogP contribution is -2.10. The number of sulfonamides is 1. The Balaban J connectivity index is 2.65. The van der Waals surface area contributed by atoms with Crippen molar-refractivity contribution in [3.63, 3.8) is 0 Å². The third-order valence-electron chi connectivity index (χ3n) is 3.28. The summed E-state index contributed by atoms with van der Waals surface area (Å²) in [6.07, 6.45) is 2.23. The highest BCUT2D eigenvalue weighted by Gasteiger charge is 2.19. The van der Waals surface area contributed by atoms with Gasteiger partial charge in [-0.05, 0) is 37.6 Å². The van der Waals surface area contributed by atoms with Crippen molar-refractivity contribution in [2.45, 2.75) is 25.7 Å². The molecule has 0 bridgehead atoms. The van der Waals surface area contributed by atoms with E-state index in [2.05, 4.69) is 15.4 Å². The smallest absolute Gasteiger partial charge is 0.280 e. The fourth-order valence-corrected chi connectivity index (χ4v) is 3.93. The minimum atomic E-state index is -3.95. The molecule has 0 atom stereocenters. The molecule has 0 radical (unpaired) electrons. The van der Waals surface area contributed by atoms with Crippen molar-refractivity contribution in [2.24, 2.45) is 4.40 Å². The quantitative estimate of drug-likeness (QED) is 0.374. The summed E-state index contributed by atoms with van der Waals surface area (Å²) in [7, 11) is -3.95. The molecule has 0 aliphatic heterocycles. The van der Waals surface area contributed by atoms with Crippen LogP contribution in [0, 0.1) is 20.8 Å². The number of benzene rings is 2. The Hall–Kier alpha value is -2.56. The van der Waals surface area contributed by atoms with Gasteiger partial charge in [0, 0.05) is 0 Å². The molecule has 6 heteroatoms. The number of hydrogen-bond acceptors (Lipinski definition) is 2. The molecule has 2 rings (SSSR count). The Morgan fingerprint density at radius 1 is 1.09 bits per heavy atom. The number of hydrogen-bond donors (Lipinski definition) is 0. The first kappa shape index (κ1) is 16.8. The summed E-state index contributed by atoms with van der Waals surface area (Å²) >= 11 is 0. The first-order valence-corrected chi connectivity index (χ1v) is 8.37. The SMILES string of the molecule is Cc1cc(C)c(S(=O)(=O)/N=C(/[C-]=[N+]=[N-])c2ccccc2)c(C)c1. The zero-order valence-electron chi connectivity index (χ0n) is 13.1. The molecule has 0 aliphatic carbocycles. The minimum absolute atomic E-state index is 0.0486. The summed E-state index contributed by atoms with van der Waals surface area (Å²) in [5, 5.41) is 0. The standard InChI is InChI=1S/C17H16N3O2S/c1-12-9-13(2)17(14(3)10-12)23(21,22)20-16(11-19-18)15-7-5-4-6-8-15/h4-10H,1-3H3/q-1/b20-16-. The highest BCUT2D eigenvalue weighted by molar-refractivity contribution is 7.90. The maximum atomic E-state index is 12.7. The van der Waals surface area contributed by atoms with Gasteiger partial charge in [-0.3, -0.25) is 4.79 Å². The van der Waals surface area contributed by atoms with Crippen LogP contribution in [-0.2, 0) is 10.0 Å². The largest absolute Gasteiger partial charge is 0.385 e. The summed E-state index contributed by atoms with van der Waals surface area (Å²) in [6.45, 7) is 5.37. The van der Waals surface area contributed by atoms with E-state index in [1.165, 1.54) is 0 Å². The Morgan fingerprint density at radius 3 is 2.17 bits per heavy atom. The average molecular weight is 326 g/mol. The Labute approximate surface area is 136 Å². The molecule has 0 N–H and O–H groups in total. The summed E-state index contributed by atoms with van der Waals surface area (Å²) in [5.74, 6) is 0. The number of rotatable bonds is 4. The summed E-state index contributed by atoms with van der Waals surface area (Å²) in [5.41, 5.74) is 11.4. The predicted molar refractivity (Wildman–Crippen MR) is 89.4 cm³/mol. The predicted octanol–water partition coefficient (Wildman–Crippen LogP) is 2.97. The van der Waals surface area contributed by atoms with E-state index in [-0.39, 0.29) is 10.6 Å². The van der Waals surface area contributed by atoms with Crippen molar-refractivity contribution in [1.29, 1.82) is 0 Å². The molecule has 0 aromatic heterocycles. The summed E-state index contributed by atoms with van der Waals surface area (Å²) < 4.78 is 29.2. The van der Waals surface area contributed by atoms with E-state index in [1.807, 2.05) is 6.92 Å². The zero-order chi connectivity index (χ0) is 17.0. The van der Waals surface area contributed by atoms with Gasteiger partial charge >= 0.3 is 0 Å². The van der Waals surface area contributed by atoms with Crippen LogP contribution >= 0.6 is 0 Å². The van der Waals surface area contributed by atoms with Crippen LogP contribution in [-0.4, -0.2) is 25.1 Å². The van der Waals surface area contributed by atoms with Crippen molar-refractivity contribution in [2.75, 3.05) is 0 Å². The Bertz CT molecular complexity index is 887. The second kappa shape index (κ2) is 6.69. The minimum Gasteiger partial charge on any atom is -0.385 e.